The molecule has 19 heavy (non-hydrogen) atoms. The maximum atomic E-state index is 11.5. The lowest BCUT2D eigenvalue weighted by Gasteiger charge is -2.33. The first-order valence-corrected chi connectivity index (χ1v) is 6.16. The summed E-state index contributed by atoms with van der Waals surface area (Å²) in [6.45, 7) is 0.242. The van der Waals surface area contributed by atoms with Crippen molar-refractivity contribution in [3.8, 4) is 0 Å². The van der Waals surface area contributed by atoms with Crippen LogP contribution in [0.2, 0.25) is 0 Å². The lowest BCUT2D eigenvalue weighted by atomic mass is 9.80. The summed E-state index contributed by atoms with van der Waals surface area (Å²) in [7, 11) is 0. The van der Waals surface area contributed by atoms with Crippen molar-refractivity contribution >= 4 is 12.0 Å². The van der Waals surface area contributed by atoms with Gasteiger partial charge in [-0.25, -0.2) is 10.6 Å². The van der Waals surface area contributed by atoms with Gasteiger partial charge in [0.2, 0.25) is 5.91 Å². The molecule has 0 unspecified atom stereocenters. The molecule has 1 aliphatic carbocycles. The van der Waals surface area contributed by atoms with Gasteiger partial charge >= 0.3 is 6.09 Å². The highest BCUT2D eigenvalue weighted by atomic mass is 16.5. The average Bonchev–Trinajstić information content (AvgIpc) is 2.40. The van der Waals surface area contributed by atoms with Crippen LogP contribution in [0.4, 0.5) is 4.79 Å². The van der Waals surface area contributed by atoms with E-state index in [4.69, 9.17) is 10.6 Å². The van der Waals surface area contributed by atoms with Crippen LogP contribution in [0.5, 0.6) is 0 Å². The van der Waals surface area contributed by atoms with Gasteiger partial charge in [0, 0.05) is 12.0 Å². The molecule has 0 aromatic heterocycles. The minimum Gasteiger partial charge on any atom is -0.445 e. The van der Waals surface area contributed by atoms with Crippen LogP contribution in [-0.4, -0.2) is 18.0 Å². The second-order valence-corrected chi connectivity index (χ2v) is 4.58. The molecular weight excluding hydrogens is 246 g/mol. The molecule has 1 aromatic rings. The van der Waals surface area contributed by atoms with E-state index in [-0.39, 0.29) is 24.5 Å². The van der Waals surface area contributed by atoms with Crippen molar-refractivity contribution in [3.63, 3.8) is 0 Å². The number of carbonyl (C=O) groups excluding carboxylic acids is 2. The van der Waals surface area contributed by atoms with Crippen molar-refractivity contribution in [1.82, 2.24) is 10.7 Å². The standard InChI is InChI=1S/C13H17N3O3/c14-16-12(17)10-6-11(7-10)15-13(18)19-8-9-4-2-1-3-5-9/h1-5,10-11H,6-8,14H2,(H,15,18)(H,16,17). The Kier molecular flexibility index (Phi) is 4.35. The molecule has 1 saturated carbocycles. The zero-order valence-electron chi connectivity index (χ0n) is 10.5. The van der Waals surface area contributed by atoms with Gasteiger partial charge in [0.05, 0.1) is 0 Å². The highest BCUT2D eigenvalue weighted by molar-refractivity contribution is 5.79. The number of amides is 2. The number of carbonyl (C=O) groups is 2. The summed E-state index contributed by atoms with van der Waals surface area (Å²) >= 11 is 0. The Morgan fingerprint density at radius 2 is 1.95 bits per heavy atom. The Labute approximate surface area is 111 Å². The molecule has 0 aliphatic heterocycles. The highest BCUT2D eigenvalue weighted by Crippen LogP contribution is 2.27. The van der Waals surface area contributed by atoms with Crippen molar-refractivity contribution in [3.05, 3.63) is 35.9 Å². The number of hydrazine groups is 1. The summed E-state index contributed by atoms with van der Waals surface area (Å²) in [5, 5.41) is 2.71. The van der Waals surface area contributed by atoms with Crippen molar-refractivity contribution in [1.29, 1.82) is 0 Å². The zero-order valence-corrected chi connectivity index (χ0v) is 10.5. The van der Waals surface area contributed by atoms with Crippen LogP contribution in [0.3, 0.4) is 0 Å². The van der Waals surface area contributed by atoms with E-state index in [2.05, 4.69) is 10.7 Å². The number of nitrogens with two attached hydrogens (primary N) is 1. The minimum absolute atomic E-state index is 0.00873. The van der Waals surface area contributed by atoms with Crippen LogP contribution < -0.4 is 16.6 Å². The monoisotopic (exact) mass is 263 g/mol. The van der Waals surface area contributed by atoms with Gasteiger partial charge in [-0.05, 0) is 18.4 Å². The molecule has 102 valence electrons. The average molecular weight is 263 g/mol. The van der Waals surface area contributed by atoms with Crippen LogP contribution in [0.15, 0.2) is 30.3 Å². The van der Waals surface area contributed by atoms with Gasteiger partial charge in [-0.15, -0.1) is 0 Å². The highest BCUT2D eigenvalue weighted by Gasteiger charge is 2.35. The van der Waals surface area contributed by atoms with Crippen LogP contribution in [-0.2, 0) is 16.1 Å². The Balaban J connectivity index is 1.65. The fourth-order valence-electron chi connectivity index (χ4n) is 2.00. The molecule has 1 aliphatic rings. The number of hydrogen-bond acceptors (Lipinski definition) is 4. The van der Waals surface area contributed by atoms with E-state index in [0.29, 0.717) is 12.8 Å². The molecule has 1 aromatic carbocycles. The first-order chi connectivity index (χ1) is 9.19. The third-order valence-corrected chi connectivity index (χ3v) is 3.19. The number of benzene rings is 1. The lowest BCUT2D eigenvalue weighted by molar-refractivity contribution is -0.128. The van der Waals surface area contributed by atoms with E-state index in [1.165, 1.54) is 0 Å². The number of nitrogens with one attached hydrogen (secondary N) is 2. The van der Waals surface area contributed by atoms with Gasteiger partial charge in [0.15, 0.2) is 0 Å². The molecule has 0 heterocycles. The van der Waals surface area contributed by atoms with Crippen LogP contribution in [0.25, 0.3) is 0 Å². The molecule has 4 N–H and O–H groups in total. The molecule has 2 amide bonds. The molecule has 1 fully saturated rings. The Hall–Kier alpha value is -2.08. The fraction of sp³-hybridized carbons (Fsp3) is 0.385. The van der Waals surface area contributed by atoms with E-state index in [0.717, 1.165) is 5.56 Å². The molecule has 0 radical (unpaired) electrons. The first-order valence-electron chi connectivity index (χ1n) is 6.16. The smallest absolute Gasteiger partial charge is 0.407 e. The van der Waals surface area contributed by atoms with Crippen molar-refractivity contribution in [2.75, 3.05) is 0 Å². The second kappa shape index (κ2) is 6.19. The van der Waals surface area contributed by atoms with Crippen molar-refractivity contribution in [2.24, 2.45) is 11.8 Å². The maximum absolute atomic E-state index is 11.5. The Morgan fingerprint density at radius 1 is 1.26 bits per heavy atom. The van der Waals surface area contributed by atoms with Gasteiger partial charge < -0.3 is 10.1 Å². The van der Waals surface area contributed by atoms with Crippen molar-refractivity contribution < 1.29 is 14.3 Å². The van der Waals surface area contributed by atoms with Gasteiger partial charge in [0.1, 0.15) is 6.61 Å². The van der Waals surface area contributed by atoms with E-state index < -0.39 is 6.09 Å². The summed E-state index contributed by atoms with van der Waals surface area (Å²) in [6.07, 6.45) is 0.743. The van der Waals surface area contributed by atoms with Gasteiger partial charge in [0.25, 0.3) is 0 Å². The van der Waals surface area contributed by atoms with Gasteiger partial charge in [-0.2, -0.15) is 0 Å². The topological polar surface area (TPSA) is 93.5 Å². The Bertz CT molecular complexity index is 444. The normalized spacial score (nSPS) is 21.1. The summed E-state index contributed by atoms with van der Waals surface area (Å²) in [4.78, 5) is 22.7. The predicted molar refractivity (Wildman–Crippen MR) is 68.6 cm³/mol. The molecule has 6 heteroatoms. The largest absolute Gasteiger partial charge is 0.445 e. The third kappa shape index (κ3) is 3.69. The zero-order chi connectivity index (χ0) is 13.7. The summed E-state index contributed by atoms with van der Waals surface area (Å²) in [6, 6.07) is 9.44. The molecule has 0 saturated heterocycles. The number of rotatable bonds is 4. The van der Waals surface area contributed by atoms with Crippen molar-refractivity contribution in [2.45, 2.75) is 25.5 Å². The van der Waals surface area contributed by atoms with Crippen LogP contribution >= 0.6 is 0 Å². The summed E-state index contributed by atoms with van der Waals surface area (Å²) in [5.74, 6) is 4.74. The van der Waals surface area contributed by atoms with E-state index in [1.807, 2.05) is 30.3 Å². The maximum Gasteiger partial charge on any atom is 0.407 e. The lowest BCUT2D eigenvalue weighted by Crippen LogP contribution is -2.50. The number of ether oxygens (including phenoxy) is 1. The van der Waals surface area contributed by atoms with Gasteiger partial charge in [-0.1, -0.05) is 30.3 Å². The predicted octanol–water partition coefficient (Wildman–Crippen LogP) is 0.681. The quantitative estimate of drug-likeness (QED) is 0.423. The molecule has 6 nitrogen and oxygen atoms in total. The minimum atomic E-state index is -0.458. The third-order valence-electron chi connectivity index (χ3n) is 3.19. The van der Waals surface area contributed by atoms with Crippen LogP contribution in [0, 0.1) is 5.92 Å². The molecular formula is C13H17N3O3. The molecule has 0 bridgehead atoms. The van der Waals surface area contributed by atoms with Crippen LogP contribution in [0.1, 0.15) is 18.4 Å². The first kappa shape index (κ1) is 13.4. The molecule has 2 rings (SSSR count). The number of hydrogen-bond donors (Lipinski definition) is 3. The second-order valence-electron chi connectivity index (χ2n) is 4.58. The fourth-order valence-corrected chi connectivity index (χ4v) is 2.00. The van der Waals surface area contributed by atoms with Gasteiger partial charge in [-0.3, -0.25) is 10.2 Å². The Morgan fingerprint density at radius 3 is 2.58 bits per heavy atom. The van der Waals surface area contributed by atoms with E-state index in [1.54, 1.807) is 0 Å². The number of alkyl carbamates (subject to hydrolysis) is 1. The molecule has 0 spiro atoms. The molecule has 0 atom stereocenters. The SMILES string of the molecule is NNC(=O)C1CC(NC(=O)OCc2ccccc2)C1. The van der Waals surface area contributed by atoms with E-state index >= 15 is 0 Å². The summed E-state index contributed by atoms with van der Waals surface area (Å²) < 4.78 is 5.08. The van der Waals surface area contributed by atoms with E-state index in [9.17, 15) is 9.59 Å². The summed E-state index contributed by atoms with van der Waals surface area (Å²) in [5.41, 5.74) is 3.04.